The summed E-state index contributed by atoms with van der Waals surface area (Å²) in [5.74, 6) is 0.424. The van der Waals surface area contributed by atoms with E-state index < -0.39 is 0 Å². The van der Waals surface area contributed by atoms with E-state index in [1.807, 2.05) is 13.0 Å². The van der Waals surface area contributed by atoms with Crippen molar-refractivity contribution in [3.05, 3.63) is 28.3 Å². The first-order chi connectivity index (χ1) is 8.67. The van der Waals surface area contributed by atoms with Crippen molar-refractivity contribution in [3.63, 3.8) is 0 Å². The molecular weight excluding hydrogens is 244 g/mol. The lowest BCUT2D eigenvalue weighted by atomic mass is 9.67. The third-order valence-electron chi connectivity index (χ3n) is 3.87. The molecule has 0 heterocycles. The van der Waals surface area contributed by atoms with Gasteiger partial charge in [-0.15, -0.1) is 0 Å². The normalized spacial score (nSPS) is 13.7. The lowest BCUT2D eigenvalue weighted by Gasteiger charge is -2.37. The van der Waals surface area contributed by atoms with Crippen LogP contribution in [0.3, 0.4) is 0 Å². The van der Waals surface area contributed by atoms with Crippen LogP contribution < -0.4 is 0 Å². The molecule has 0 radical (unpaired) electrons. The summed E-state index contributed by atoms with van der Waals surface area (Å²) in [6.45, 7) is 22.2. The van der Waals surface area contributed by atoms with Crippen LogP contribution in [-0.4, -0.2) is 5.11 Å². The zero-order chi connectivity index (χ0) is 16.1. The van der Waals surface area contributed by atoms with Crippen LogP contribution in [0.2, 0.25) is 0 Å². The van der Waals surface area contributed by atoms with Gasteiger partial charge in [0, 0.05) is 0 Å². The van der Waals surface area contributed by atoms with E-state index in [2.05, 4.69) is 62.3 Å². The molecule has 0 aromatic heterocycles. The number of phenolic OH excluding ortho intramolecular Hbond substituents is 1. The van der Waals surface area contributed by atoms with E-state index in [1.165, 1.54) is 16.7 Å². The Balaban J connectivity index is 3.96. The van der Waals surface area contributed by atoms with Gasteiger partial charge >= 0.3 is 0 Å². The minimum absolute atomic E-state index is 0.0193. The molecule has 1 rings (SSSR count). The van der Waals surface area contributed by atoms with E-state index in [1.54, 1.807) is 0 Å². The van der Waals surface area contributed by atoms with Crippen LogP contribution in [0.5, 0.6) is 5.75 Å². The number of benzene rings is 1. The Kier molecular flexibility index (Phi) is 4.09. The summed E-state index contributed by atoms with van der Waals surface area (Å²) < 4.78 is 0. The lowest BCUT2D eigenvalue weighted by Crippen LogP contribution is -2.29. The summed E-state index contributed by atoms with van der Waals surface area (Å²) in [6.07, 6.45) is 0. The Labute approximate surface area is 125 Å². The van der Waals surface area contributed by atoms with Crippen molar-refractivity contribution >= 4 is 0 Å². The van der Waals surface area contributed by atoms with Crippen LogP contribution in [0.1, 0.15) is 84.6 Å². The molecule has 20 heavy (non-hydrogen) atoms. The number of hydrogen-bond acceptors (Lipinski definition) is 1. The third kappa shape index (κ3) is 3.19. The molecule has 0 aliphatic rings. The van der Waals surface area contributed by atoms with E-state index in [4.69, 9.17) is 0 Å². The van der Waals surface area contributed by atoms with E-state index in [-0.39, 0.29) is 16.2 Å². The maximum Gasteiger partial charge on any atom is 0.119 e. The summed E-state index contributed by atoms with van der Waals surface area (Å²) >= 11 is 0. The predicted molar refractivity (Wildman–Crippen MR) is 88.9 cm³/mol. The summed E-state index contributed by atoms with van der Waals surface area (Å²) in [7, 11) is 0. The fraction of sp³-hybridized carbons (Fsp3) is 0.684. The molecule has 0 bridgehead atoms. The van der Waals surface area contributed by atoms with Crippen LogP contribution in [0, 0.1) is 6.92 Å². The van der Waals surface area contributed by atoms with Crippen molar-refractivity contribution in [1.29, 1.82) is 0 Å². The molecule has 0 aliphatic heterocycles. The van der Waals surface area contributed by atoms with Crippen LogP contribution in [0.4, 0.5) is 0 Å². The fourth-order valence-corrected chi connectivity index (χ4v) is 3.08. The van der Waals surface area contributed by atoms with Crippen LogP contribution >= 0.6 is 0 Å². The second-order valence-electron chi connectivity index (χ2n) is 9.07. The molecule has 0 saturated carbocycles. The minimum atomic E-state index is 0.0193. The van der Waals surface area contributed by atoms with Crippen molar-refractivity contribution in [2.45, 2.75) is 85.5 Å². The number of rotatable bonds is 0. The Bertz CT molecular complexity index is 503. The van der Waals surface area contributed by atoms with E-state index in [0.717, 1.165) is 5.56 Å². The fourth-order valence-electron chi connectivity index (χ4n) is 3.08. The first kappa shape index (κ1) is 17.1. The highest BCUT2D eigenvalue weighted by Gasteiger charge is 2.33. The van der Waals surface area contributed by atoms with Crippen molar-refractivity contribution in [1.82, 2.24) is 0 Å². The third-order valence-corrected chi connectivity index (χ3v) is 3.87. The average molecular weight is 276 g/mol. The molecule has 0 spiro atoms. The minimum Gasteiger partial charge on any atom is -0.508 e. The molecule has 0 unspecified atom stereocenters. The molecule has 1 N–H and O–H groups in total. The molecular formula is C19H32O. The average Bonchev–Trinajstić information content (AvgIpc) is 2.15. The van der Waals surface area contributed by atoms with Gasteiger partial charge < -0.3 is 5.11 Å². The van der Waals surface area contributed by atoms with Crippen LogP contribution in [0.25, 0.3) is 0 Å². The van der Waals surface area contributed by atoms with E-state index in [9.17, 15) is 5.11 Å². The first-order valence-corrected chi connectivity index (χ1v) is 7.55. The van der Waals surface area contributed by atoms with Crippen LogP contribution in [-0.2, 0) is 16.2 Å². The molecule has 0 fully saturated rings. The van der Waals surface area contributed by atoms with Gasteiger partial charge in [-0.25, -0.2) is 0 Å². The van der Waals surface area contributed by atoms with Gasteiger partial charge in [0.25, 0.3) is 0 Å². The van der Waals surface area contributed by atoms with Gasteiger partial charge in [0.15, 0.2) is 0 Å². The smallest absolute Gasteiger partial charge is 0.119 e. The second-order valence-corrected chi connectivity index (χ2v) is 9.07. The van der Waals surface area contributed by atoms with Crippen molar-refractivity contribution in [3.8, 4) is 5.75 Å². The van der Waals surface area contributed by atoms with Crippen LogP contribution in [0.15, 0.2) is 6.07 Å². The van der Waals surface area contributed by atoms with Gasteiger partial charge in [0.1, 0.15) is 5.75 Å². The van der Waals surface area contributed by atoms with Gasteiger partial charge in [-0.2, -0.15) is 0 Å². The molecule has 0 amide bonds. The zero-order valence-electron chi connectivity index (χ0n) is 15.0. The Morgan fingerprint density at radius 3 is 1.40 bits per heavy atom. The lowest BCUT2D eigenvalue weighted by molar-refractivity contribution is 0.448. The molecule has 1 aromatic rings. The Morgan fingerprint density at radius 2 is 1.10 bits per heavy atom. The zero-order valence-corrected chi connectivity index (χ0v) is 15.0. The maximum absolute atomic E-state index is 10.4. The predicted octanol–water partition coefficient (Wildman–Crippen LogP) is 5.59. The largest absolute Gasteiger partial charge is 0.508 e. The summed E-state index contributed by atoms with van der Waals surface area (Å²) in [5.41, 5.74) is 5.08. The van der Waals surface area contributed by atoms with Gasteiger partial charge in [0.05, 0.1) is 0 Å². The van der Waals surface area contributed by atoms with Crippen molar-refractivity contribution < 1.29 is 5.11 Å². The van der Waals surface area contributed by atoms with E-state index >= 15 is 0 Å². The molecule has 1 nitrogen and oxygen atoms in total. The molecule has 0 aliphatic carbocycles. The molecule has 1 heteroatoms. The Hall–Kier alpha value is -0.980. The number of hydrogen-bond donors (Lipinski definition) is 1. The molecule has 0 atom stereocenters. The standard InChI is InChI=1S/C19H32O/c1-12-14(20)11-13(17(2,3)4)16(19(8,9)10)15(12)18(5,6)7/h11,20H,1-10H3. The maximum atomic E-state index is 10.4. The van der Waals surface area contributed by atoms with E-state index in [0.29, 0.717) is 5.75 Å². The quantitative estimate of drug-likeness (QED) is 0.654. The summed E-state index contributed by atoms with van der Waals surface area (Å²) in [4.78, 5) is 0. The van der Waals surface area contributed by atoms with Gasteiger partial charge in [-0.05, 0) is 51.5 Å². The molecule has 1 aromatic carbocycles. The Morgan fingerprint density at radius 1 is 0.700 bits per heavy atom. The highest BCUT2D eigenvalue weighted by atomic mass is 16.3. The van der Waals surface area contributed by atoms with Gasteiger partial charge in [0.2, 0.25) is 0 Å². The molecule has 0 saturated heterocycles. The SMILES string of the molecule is Cc1c(O)cc(C(C)(C)C)c(C(C)(C)C)c1C(C)(C)C. The summed E-state index contributed by atoms with van der Waals surface area (Å²) in [5, 5.41) is 10.4. The van der Waals surface area contributed by atoms with Crippen molar-refractivity contribution in [2.75, 3.05) is 0 Å². The number of aromatic hydroxyl groups is 1. The monoisotopic (exact) mass is 276 g/mol. The first-order valence-electron chi connectivity index (χ1n) is 7.55. The second kappa shape index (κ2) is 4.79. The topological polar surface area (TPSA) is 20.2 Å². The highest BCUT2D eigenvalue weighted by molar-refractivity contribution is 5.55. The van der Waals surface area contributed by atoms with Gasteiger partial charge in [-0.1, -0.05) is 62.3 Å². The molecule has 114 valence electrons. The van der Waals surface area contributed by atoms with Gasteiger partial charge in [-0.3, -0.25) is 0 Å². The van der Waals surface area contributed by atoms with Crippen molar-refractivity contribution in [2.24, 2.45) is 0 Å². The number of phenols is 1. The highest BCUT2D eigenvalue weighted by Crippen LogP contribution is 2.44. The summed E-state index contributed by atoms with van der Waals surface area (Å²) in [6, 6.07) is 1.98.